The second-order valence-corrected chi connectivity index (χ2v) is 8.15. The molecule has 0 fully saturated rings. The van der Waals surface area contributed by atoms with Crippen molar-refractivity contribution in [1.29, 1.82) is 0 Å². The number of hydrogen-bond acceptors (Lipinski definition) is 2. The topological polar surface area (TPSA) is 46.2 Å². The van der Waals surface area contributed by atoms with Crippen LogP contribution in [0.2, 0.25) is 0 Å². The predicted octanol–water partition coefficient (Wildman–Crippen LogP) is 1.55. The maximum Gasteiger partial charge on any atom is 0.241 e. The van der Waals surface area contributed by atoms with Gasteiger partial charge in [0.05, 0.1) is 4.90 Å². The van der Waals surface area contributed by atoms with E-state index in [2.05, 4.69) is 4.72 Å². The number of rotatable bonds is 5. The lowest BCUT2D eigenvalue weighted by Crippen LogP contribution is -2.45. The second-order valence-electron chi connectivity index (χ2n) is 6.46. The highest BCUT2D eigenvalue weighted by molar-refractivity contribution is 7.89. The third-order valence-electron chi connectivity index (χ3n) is 3.51. The Balaban J connectivity index is 2.16. The van der Waals surface area contributed by atoms with E-state index >= 15 is 0 Å². The van der Waals surface area contributed by atoms with E-state index in [0.29, 0.717) is 11.3 Å². The molecule has 0 aromatic heterocycles. The van der Waals surface area contributed by atoms with Gasteiger partial charge in [-0.1, -0.05) is 47.4 Å². The number of hydrogen-bond donors (Lipinski definition) is 1. The first-order valence-electron chi connectivity index (χ1n) is 7.34. The van der Waals surface area contributed by atoms with Gasteiger partial charge < -0.3 is 0 Å². The largest absolute Gasteiger partial charge is 0.241 e. The van der Waals surface area contributed by atoms with Crippen LogP contribution in [-0.4, -0.2) is 21.8 Å². The summed E-state index contributed by atoms with van der Waals surface area (Å²) in [7, 11) is -1.48. The van der Waals surface area contributed by atoms with Crippen molar-refractivity contribution in [2.24, 2.45) is 0 Å². The summed E-state index contributed by atoms with van der Waals surface area (Å²) in [5.41, 5.74) is 2.79. The molecule has 0 aliphatic rings. The van der Waals surface area contributed by atoms with Gasteiger partial charge in [0.1, 0.15) is 7.85 Å². The second kappa shape index (κ2) is 6.27. The number of nitrogens with one attached hydrogen (secondary N) is 1. The van der Waals surface area contributed by atoms with Gasteiger partial charge in [-0.05, 0) is 44.9 Å². The van der Waals surface area contributed by atoms with E-state index < -0.39 is 15.6 Å². The van der Waals surface area contributed by atoms with Gasteiger partial charge in [-0.3, -0.25) is 0 Å². The molecular formula is C17H22BNO2S. The van der Waals surface area contributed by atoms with Crippen LogP contribution in [0, 0.1) is 6.92 Å². The Labute approximate surface area is 134 Å². The molecule has 0 heterocycles. The Kier molecular flexibility index (Phi) is 4.78. The van der Waals surface area contributed by atoms with Gasteiger partial charge >= 0.3 is 0 Å². The van der Waals surface area contributed by atoms with Gasteiger partial charge in [0.2, 0.25) is 10.0 Å². The van der Waals surface area contributed by atoms with Crippen molar-refractivity contribution in [3.8, 4) is 0 Å². The number of aryl methyl sites for hydroxylation is 1. The van der Waals surface area contributed by atoms with Crippen LogP contribution in [0.4, 0.5) is 0 Å². The molecule has 0 aliphatic carbocycles. The van der Waals surface area contributed by atoms with E-state index in [-0.39, 0.29) is 0 Å². The SMILES string of the molecule is Bc1ccc(CC(C)(C)NS(=O)(=O)c2ccc(C)cc2)cc1. The van der Waals surface area contributed by atoms with Gasteiger partial charge in [0, 0.05) is 5.54 Å². The Morgan fingerprint density at radius 1 is 1.00 bits per heavy atom. The summed E-state index contributed by atoms with van der Waals surface area (Å²) in [6, 6.07) is 15.1. The van der Waals surface area contributed by atoms with E-state index in [4.69, 9.17) is 0 Å². The Hall–Kier alpha value is -1.59. The predicted molar refractivity (Wildman–Crippen MR) is 93.9 cm³/mol. The fourth-order valence-electron chi connectivity index (χ4n) is 2.39. The highest BCUT2D eigenvalue weighted by atomic mass is 32.2. The maximum absolute atomic E-state index is 12.5. The molecule has 22 heavy (non-hydrogen) atoms. The third-order valence-corrected chi connectivity index (χ3v) is 5.22. The molecule has 5 heteroatoms. The summed E-state index contributed by atoms with van der Waals surface area (Å²) in [4.78, 5) is 0.301. The van der Waals surface area contributed by atoms with Gasteiger partial charge in [-0.2, -0.15) is 0 Å². The molecule has 0 unspecified atom stereocenters. The van der Waals surface area contributed by atoms with Crippen LogP contribution in [0.3, 0.4) is 0 Å². The van der Waals surface area contributed by atoms with Crippen LogP contribution in [0.1, 0.15) is 25.0 Å². The third kappa shape index (κ3) is 4.45. The highest BCUT2D eigenvalue weighted by Crippen LogP contribution is 2.17. The molecule has 0 atom stereocenters. The summed E-state index contributed by atoms with van der Waals surface area (Å²) in [6.07, 6.45) is 0.637. The standard InChI is InChI=1S/C17H22BNO2S/c1-13-4-10-16(11-5-13)22(20,21)19-17(2,3)12-14-6-8-15(18)9-7-14/h4-11,19H,12,18H2,1-3H3. The van der Waals surface area contributed by atoms with Crippen LogP contribution in [0.5, 0.6) is 0 Å². The molecule has 2 aromatic rings. The average Bonchev–Trinajstić information content (AvgIpc) is 2.40. The van der Waals surface area contributed by atoms with E-state index in [9.17, 15) is 8.42 Å². The molecule has 0 bridgehead atoms. The van der Waals surface area contributed by atoms with E-state index in [0.717, 1.165) is 11.1 Å². The lowest BCUT2D eigenvalue weighted by atomic mass is 9.91. The molecule has 2 aromatic carbocycles. The highest BCUT2D eigenvalue weighted by Gasteiger charge is 2.26. The molecule has 0 spiro atoms. The molecular weight excluding hydrogens is 293 g/mol. The van der Waals surface area contributed by atoms with Crippen molar-refractivity contribution in [3.05, 3.63) is 59.7 Å². The molecule has 0 saturated heterocycles. The fraction of sp³-hybridized carbons (Fsp3) is 0.294. The zero-order chi connectivity index (χ0) is 16.4. The number of benzene rings is 2. The number of sulfonamides is 1. The molecule has 1 N–H and O–H groups in total. The quantitative estimate of drug-likeness (QED) is 0.851. The molecule has 2 rings (SSSR count). The zero-order valence-electron chi connectivity index (χ0n) is 13.6. The summed E-state index contributed by atoms with van der Waals surface area (Å²) in [5.74, 6) is 0. The summed E-state index contributed by atoms with van der Waals surface area (Å²) in [5, 5.41) is 0. The van der Waals surface area contributed by atoms with Crippen LogP contribution >= 0.6 is 0 Å². The Morgan fingerprint density at radius 3 is 2.09 bits per heavy atom. The lowest BCUT2D eigenvalue weighted by molar-refractivity contribution is 0.450. The smallest absolute Gasteiger partial charge is 0.207 e. The van der Waals surface area contributed by atoms with E-state index in [1.165, 1.54) is 5.46 Å². The fourth-order valence-corrected chi connectivity index (χ4v) is 3.80. The Bertz CT molecular complexity index is 735. The molecule has 3 nitrogen and oxygen atoms in total. The van der Waals surface area contributed by atoms with Gasteiger partial charge in [-0.25, -0.2) is 13.1 Å². The first-order valence-corrected chi connectivity index (χ1v) is 8.82. The van der Waals surface area contributed by atoms with Crippen LogP contribution < -0.4 is 10.2 Å². The monoisotopic (exact) mass is 315 g/mol. The van der Waals surface area contributed by atoms with Gasteiger partial charge in [-0.15, -0.1) is 0 Å². The van der Waals surface area contributed by atoms with Crippen molar-refractivity contribution in [3.63, 3.8) is 0 Å². The zero-order valence-corrected chi connectivity index (χ0v) is 14.4. The minimum absolute atomic E-state index is 0.301. The Morgan fingerprint density at radius 2 is 1.55 bits per heavy atom. The van der Waals surface area contributed by atoms with Gasteiger partial charge in [0.15, 0.2) is 0 Å². The van der Waals surface area contributed by atoms with Crippen molar-refractivity contribution >= 4 is 23.3 Å². The molecule has 0 radical (unpaired) electrons. The maximum atomic E-state index is 12.5. The molecule has 0 saturated carbocycles. The lowest BCUT2D eigenvalue weighted by Gasteiger charge is -2.26. The van der Waals surface area contributed by atoms with E-state index in [1.54, 1.807) is 12.1 Å². The van der Waals surface area contributed by atoms with Crippen LogP contribution in [0.15, 0.2) is 53.4 Å². The van der Waals surface area contributed by atoms with Crippen LogP contribution in [0.25, 0.3) is 0 Å². The average molecular weight is 315 g/mol. The minimum Gasteiger partial charge on any atom is -0.207 e. The molecule has 0 amide bonds. The normalized spacial score (nSPS) is 12.3. The molecule has 116 valence electrons. The van der Waals surface area contributed by atoms with E-state index in [1.807, 2.05) is 65.0 Å². The summed E-state index contributed by atoms with van der Waals surface area (Å²) in [6.45, 7) is 5.74. The minimum atomic E-state index is -3.51. The van der Waals surface area contributed by atoms with Crippen molar-refractivity contribution in [1.82, 2.24) is 4.72 Å². The van der Waals surface area contributed by atoms with Crippen molar-refractivity contribution in [2.75, 3.05) is 0 Å². The van der Waals surface area contributed by atoms with Crippen molar-refractivity contribution in [2.45, 2.75) is 37.6 Å². The molecule has 0 aliphatic heterocycles. The first kappa shape index (κ1) is 16.8. The summed E-state index contributed by atoms with van der Waals surface area (Å²) < 4.78 is 27.8. The first-order chi connectivity index (χ1) is 10.2. The van der Waals surface area contributed by atoms with Crippen LogP contribution in [-0.2, 0) is 16.4 Å². The van der Waals surface area contributed by atoms with Gasteiger partial charge in [0.25, 0.3) is 0 Å². The summed E-state index contributed by atoms with van der Waals surface area (Å²) >= 11 is 0. The van der Waals surface area contributed by atoms with Crippen molar-refractivity contribution < 1.29 is 8.42 Å².